The minimum Gasteiger partial charge on any atom is -0.320 e. The molecule has 18 heavy (non-hydrogen) atoms. The predicted molar refractivity (Wildman–Crippen MR) is 73.9 cm³/mol. The number of aryl methyl sites for hydroxylation is 1. The van der Waals surface area contributed by atoms with Gasteiger partial charge in [-0.3, -0.25) is 9.78 Å². The molecule has 0 fully saturated rings. The number of benzene rings is 1. The molecule has 1 amide bonds. The fraction of sp³-hybridized carbons (Fsp3) is 0.0833. The molecule has 0 saturated carbocycles. The Balaban J connectivity index is 2.21. The number of carbonyl (C=O) groups is 1. The monoisotopic (exact) mass is 325 g/mol. The van der Waals surface area contributed by atoms with Crippen LogP contribution in [-0.2, 0) is 0 Å². The molecule has 1 aromatic heterocycles. The average Bonchev–Trinajstić information content (AvgIpc) is 2.36. The third-order valence-electron chi connectivity index (χ3n) is 2.21. The maximum atomic E-state index is 11.9. The Bertz CT molecular complexity index is 586. The van der Waals surface area contributed by atoms with Crippen LogP contribution in [-0.4, -0.2) is 15.9 Å². The maximum absolute atomic E-state index is 11.9. The smallest absolute Gasteiger partial charge is 0.275 e. The Hall–Kier alpha value is -1.46. The van der Waals surface area contributed by atoms with Gasteiger partial charge in [0.25, 0.3) is 5.91 Å². The summed E-state index contributed by atoms with van der Waals surface area (Å²) in [5, 5.41) is 3.24. The van der Waals surface area contributed by atoms with Gasteiger partial charge in [0.05, 0.1) is 27.1 Å². The number of amides is 1. The Labute approximate surface area is 118 Å². The van der Waals surface area contributed by atoms with Gasteiger partial charge >= 0.3 is 0 Å². The van der Waals surface area contributed by atoms with E-state index in [0.29, 0.717) is 15.2 Å². The van der Waals surface area contributed by atoms with Crippen molar-refractivity contribution in [2.45, 2.75) is 6.92 Å². The van der Waals surface area contributed by atoms with Gasteiger partial charge in [0, 0.05) is 6.20 Å². The second-order valence-electron chi connectivity index (χ2n) is 3.60. The molecule has 1 aromatic carbocycles. The highest BCUT2D eigenvalue weighted by molar-refractivity contribution is 9.10. The number of nitrogens with zero attached hydrogens (tertiary/aromatic N) is 2. The van der Waals surface area contributed by atoms with Crippen molar-refractivity contribution in [2.75, 3.05) is 5.32 Å². The summed E-state index contributed by atoms with van der Waals surface area (Å²) < 4.78 is 0.639. The highest BCUT2D eigenvalue weighted by Gasteiger charge is 2.11. The highest BCUT2D eigenvalue weighted by atomic mass is 79.9. The van der Waals surface area contributed by atoms with E-state index in [1.54, 1.807) is 24.4 Å². The molecule has 0 unspecified atom stereocenters. The minimum absolute atomic E-state index is 0.257. The summed E-state index contributed by atoms with van der Waals surface area (Å²) in [6, 6.07) is 5.23. The van der Waals surface area contributed by atoms with Crippen LogP contribution in [0.4, 0.5) is 5.69 Å². The van der Waals surface area contributed by atoms with Crippen molar-refractivity contribution in [3.05, 3.63) is 51.5 Å². The second-order valence-corrected chi connectivity index (χ2v) is 4.80. The molecule has 1 N–H and O–H groups in total. The zero-order valence-corrected chi connectivity index (χ0v) is 11.8. The molecule has 0 saturated heterocycles. The Kier molecular flexibility index (Phi) is 3.93. The van der Waals surface area contributed by atoms with Gasteiger partial charge in [-0.05, 0) is 35.0 Å². The largest absolute Gasteiger partial charge is 0.320 e. The Morgan fingerprint density at radius 1 is 1.33 bits per heavy atom. The molecule has 4 nitrogen and oxygen atoms in total. The van der Waals surface area contributed by atoms with E-state index in [2.05, 4.69) is 31.2 Å². The standard InChI is InChI=1S/C12H9BrClN3O/c1-7-5-16-10(6-15-7)12(18)17-9-4-2-3-8(14)11(9)13/h2-6H,1H3,(H,17,18). The molecule has 0 aliphatic rings. The Morgan fingerprint density at radius 2 is 2.11 bits per heavy atom. The molecule has 0 aliphatic carbocycles. The van der Waals surface area contributed by atoms with Crippen molar-refractivity contribution in [1.82, 2.24) is 9.97 Å². The van der Waals surface area contributed by atoms with Gasteiger partial charge in [-0.2, -0.15) is 0 Å². The first-order valence-electron chi connectivity index (χ1n) is 5.12. The quantitative estimate of drug-likeness (QED) is 0.919. The van der Waals surface area contributed by atoms with Gasteiger partial charge < -0.3 is 5.32 Å². The molecule has 2 rings (SSSR count). The first kappa shape index (κ1) is 13.0. The number of hydrogen-bond donors (Lipinski definition) is 1. The second kappa shape index (κ2) is 5.46. The van der Waals surface area contributed by atoms with Crippen LogP contribution in [0.15, 0.2) is 35.1 Å². The molecule has 92 valence electrons. The van der Waals surface area contributed by atoms with Crippen LogP contribution in [0, 0.1) is 6.92 Å². The normalized spacial score (nSPS) is 10.2. The van der Waals surface area contributed by atoms with Crippen molar-refractivity contribution in [3.63, 3.8) is 0 Å². The lowest BCUT2D eigenvalue weighted by Crippen LogP contribution is -2.14. The van der Waals surface area contributed by atoms with Gasteiger partial charge in [-0.25, -0.2) is 4.98 Å². The number of nitrogens with one attached hydrogen (secondary N) is 1. The number of halogens is 2. The molecule has 2 aromatic rings. The summed E-state index contributed by atoms with van der Waals surface area (Å²) in [6.45, 7) is 1.81. The number of anilines is 1. The molecule has 0 radical (unpaired) electrons. The lowest BCUT2D eigenvalue weighted by atomic mass is 10.3. The molecule has 0 atom stereocenters. The summed E-state index contributed by atoms with van der Waals surface area (Å²) in [5.41, 5.74) is 1.61. The van der Waals surface area contributed by atoms with E-state index >= 15 is 0 Å². The molecular formula is C12H9BrClN3O. The third kappa shape index (κ3) is 2.86. The minimum atomic E-state index is -0.328. The number of aromatic nitrogens is 2. The van der Waals surface area contributed by atoms with E-state index in [0.717, 1.165) is 5.69 Å². The van der Waals surface area contributed by atoms with Crippen LogP contribution in [0.3, 0.4) is 0 Å². The molecule has 0 bridgehead atoms. The summed E-state index contributed by atoms with van der Waals surface area (Å²) in [6.07, 6.45) is 2.98. The number of rotatable bonds is 2. The van der Waals surface area contributed by atoms with Crippen LogP contribution in [0.1, 0.15) is 16.2 Å². The van der Waals surface area contributed by atoms with Crippen LogP contribution >= 0.6 is 27.5 Å². The van der Waals surface area contributed by atoms with Crippen molar-refractivity contribution >= 4 is 39.1 Å². The van der Waals surface area contributed by atoms with E-state index in [-0.39, 0.29) is 11.6 Å². The van der Waals surface area contributed by atoms with E-state index in [1.165, 1.54) is 6.20 Å². The van der Waals surface area contributed by atoms with Crippen molar-refractivity contribution in [3.8, 4) is 0 Å². The molecule has 6 heteroatoms. The summed E-state index contributed by atoms with van der Waals surface area (Å²) >= 11 is 9.25. The Morgan fingerprint density at radius 3 is 2.78 bits per heavy atom. The zero-order valence-electron chi connectivity index (χ0n) is 9.45. The zero-order chi connectivity index (χ0) is 13.1. The van der Waals surface area contributed by atoms with Gasteiger partial charge in [-0.1, -0.05) is 17.7 Å². The van der Waals surface area contributed by atoms with Crippen LogP contribution in [0.25, 0.3) is 0 Å². The first-order valence-corrected chi connectivity index (χ1v) is 6.29. The number of carbonyl (C=O) groups excluding carboxylic acids is 1. The van der Waals surface area contributed by atoms with Gasteiger partial charge in [-0.15, -0.1) is 0 Å². The molecule has 1 heterocycles. The van der Waals surface area contributed by atoms with E-state index in [1.807, 2.05) is 6.92 Å². The van der Waals surface area contributed by atoms with Crippen LogP contribution in [0.2, 0.25) is 5.02 Å². The van der Waals surface area contributed by atoms with Crippen molar-refractivity contribution in [2.24, 2.45) is 0 Å². The highest BCUT2D eigenvalue weighted by Crippen LogP contribution is 2.30. The fourth-order valence-corrected chi connectivity index (χ4v) is 1.83. The lowest BCUT2D eigenvalue weighted by Gasteiger charge is -2.07. The number of hydrogen-bond acceptors (Lipinski definition) is 3. The summed E-state index contributed by atoms with van der Waals surface area (Å²) in [7, 11) is 0. The predicted octanol–water partition coefficient (Wildman–Crippen LogP) is 3.45. The average molecular weight is 327 g/mol. The molecular weight excluding hydrogens is 318 g/mol. The molecule has 0 spiro atoms. The van der Waals surface area contributed by atoms with Gasteiger partial charge in [0.2, 0.25) is 0 Å². The third-order valence-corrected chi connectivity index (χ3v) is 3.61. The van der Waals surface area contributed by atoms with Crippen molar-refractivity contribution in [1.29, 1.82) is 0 Å². The van der Waals surface area contributed by atoms with Gasteiger partial charge in [0.15, 0.2) is 0 Å². The molecule has 0 aliphatic heterocycles. The van der Waals surface area contributed by atoms with E-state index in [9.17, 15) is 4.79 Å². The van der Waals surface area contributed by atoms with Crippen LogP contribution < -0.4 is 5.32 Å². The SMILES string of the molecule is Cc1cnc(C(=O)Nc2cccc(Cl)c2Br)cn1. The lowest BCUT2D eigenvalue weighted by molar-refractivity contribution is 0.102. The summed E-state index contributed by atoms with van der Waals surface area (Å²) in [4.78, 5) is 19.9. The van der Waals surface area contributed by atoms with E-state index in [4.69, 9.17) is 11.6 Å². The topological polar surface area (TPSA) is 54.9 Å². The van der Waals surface area contributed by atoms with E-state index < -0.39 is 0 Å². The maximum Gasteiger partial charge on any atom is 0.275 e. The van der Waals surface area contributed by atoms with Gasteiger partial charge in [0.1, 0.15) is 5.69 Å². The van der Waals surface area contributed by atoms with Crippen molar-refractivity contribution < 1.29 is 4.79 Å². The fourth-order valence-electron chi connectivity index (χ4n) is 1.30. The first-order chi connectivity index (χ1) is 8.58. The summed E-state index contributed by atoms with van der Waals surface area (Å²) in [5.74, 6) is -0.328. The van der Waals surface area contributed by atoms with Crippen LogP contribution in [0.5, 0.6) is 0 Å².